The number of likely N-dealkylation sites (tertiary alicyclic amines) is 1. The SMILES string of the molecule is Cc1nc2n(c(=O)c1CC[N+]1(COC(=O)NCCCC(C)C)CCC(c3noc4cc(F)ccc34)CC1)CCCC2.[CH3-]. The Labute approximate surface area is 248 Å². The standard InChI is InChI=1S/C31H42FN5O4.CH3/c1-21(2)7-6-14-33-31(39)40-20-37(18-13-25-22(3)34-28-8-4-5-15-36(28)30(25)38)16-11-23(12-17-37)29-26-10-9-24(32)19-27(26)41-35-29;/h9-10,19,21,23H,4-8,11-18,20H2,1-3H3;1H3/q;-1/p+1. The van der Waals surface area contributed by atoms with E-state index in [1.807, 2.05) is 11.5 Å². The summed E-state index contributed by atoms with van der Waals surface area (Å²) in [6.07, 6.45) is 6.70. The first-order valence-corrected chi connectivity index (χ1v) is 15.1. The van der Waals surface area contributed by atoms with Gasteiger partial charge in [-0.05, 0) is 50.7 Å². The Balaban J connectivity index is 0.00000405. The highest BCUT2D eigenvalue weighted by Crippen LogP contribution is 2.35. The summed E-state index contributed by atoms with van der Waals surface area (Å²) in [5.41, 5.74) is 2.96. The van der Waals surface area contributed by atoms with E-state index in [4.69, 9.17) is 14.2 Å². The smallest absolute Gasteiger partial charge is 0.399 e. The van der Waals surface area contributed by atoms with Crippen LogP contribution in [0.4, 0.5) is 9.18 Å². The molecule has 3 aromatic rings. The molecule has 42 heavy (non-hydrogen) atoms. The van der Waals surface area contributed by atoms with Gasteiger partial charge < -0.3 is 22.0 Å². The van der Waals surface area contributed by atoms with E-state index < -0.39 is 6.09 Å². The average molecular weight is 584 g/mol. The number of carbonyl (C=O) groups excluding carboxylic acids is 1. The number of benzene rings is 1. The van der Waals surface area contributed by atoms with Crippen molar-refractivity contribution in [2.24, 2.45) is 5.92 Å². The Morgan fingerprint density at radius 1 is 1.26 bits per heavy atom. The van der Waals surface area contributed by atoms with Crippen molar-refractivity contribution in [3.63, 3.8) is 0 Å². The molecule has 10 heteroatoms. The number of piperidine rings is 1. The number of aromatic nitrogens is 3. The molecule has 0 saturated carbocycles. The number of ether oxygens (including phenoxy) is 1. The quantitative estimate of drug-likeness (QED) is 0.187. The largest absolute Gasteiger partial charge is 0.411 e. The van der Waals surface area contributed by atoms with Crippen LogP contribution in [0, 0.1) is 26.1 Å². The molecule has 0 spiro atoms. The van der Waals surface area contributed by atoms with Crippen LogP contribution in [0.25, 0.3) is 11.0 Å². The highest BCUT2D eigenvalue weighted by molar-refractivity contribution is 5.79. The highest BCUT2D eigenvalue weighted by Gasteiger charge is 2.37. The van der Waals surface area contributed by atoms with Crippen molar-refractivity contribution in [2.75, 3.05) is 32.9 Å². The number of quaternary nitrogens is 1. The predicted octanol–water partition coefficient (Wildman–Crippen LogP) is 5.68. The average Bonchev–Trinajstić information content (AvgIpc) is 3.37. The Hall–Kier alpha value is -3.27. The first-order valence-electron chi connectivity index (χ1n) is 15.1. The Morgan fingerprint density at radius 2 is 2.05 bits per heavy atom. The van der Waals surface area contributed by atoms with E-state index in [1.54, 1.807) is 6.07 Å². The Morgan fingerprint density at radius 3 is 2.81 bits per heavy atom. The van der Waals surface area contributed by atoms with Gasteiger partial charge in [-0.3, -0.25) is 13.8 Å². The third kappa shape index (κ3) is 7.19. The van der Waals surface area contributed by atoms with Gasteiger partial charge in [0.15, 0.2) is 5.58 Å². The number of hydrogen-bond acceptors (Lipinski definition) is 6. The molecule has 1 N–H and O–H groups in total. The molecule has 2 aromatic heterocycles. The zero-order valence-electron chi connectivity index (χ0n) is 25.6. The van der Waals surface area contributed by atoms with Crippen LogP contribution in [-0.4, -0.2) is 58.2 Å². The molecule has 0 bridgehead atoms. The van der Waals surface area contributed by atoms with Crippen LogP contribution in [0.15, 0.2) is 27.5 Å². The van der Waals surface area contributed by atoms with Crippen LogP contribution in [0.5, 0.6) is 0 Å². The van der Waals surface area contributed by atoms with Crippen LogP contribution in [0.1, 0.15) is 81.1 Å². The van der Waals surface area contributed by atoms with Crippen LogP contribution >= 0.6 is 0 Å². The minimum Gasteiger partial charge on any atom is -0.399 e. The van der Waals surface area contributed by atoms with Crippen molar-refractivity contribution in [3.05, 3.63) is 64.6 Å². The summed E-state index contributed by atoms with van der Waals surface area (Å²) >= 11 is 0. The third-order valence-corrected chi connectivity index (χ3v) is 8.87. The molecule has 1 amide bonds. The highest BCUT2D eigenvalue weighted by atomic mass is 19.1. The van der Waals surface area contributed by atoms with E-state index in [-0.39, 0.29) is 31.5 Å². The van der Waals surface area contributed by atoms with Crippen LogP contribution in [0.3, 0.4) is 0 Å². The number of halogens is 1. The Bertz CT molecular complexity index is 1420. The first-order chi connectivity index (χ1) is 19.7. The minimum atomic E-state index is -0.399. The lowest BCUT2D eigenvalue weighted by Crippen LogP contribution is -2.56. The van der Waals surface area contributed by atoms with Crippen LogP contribution in [-0.2, 0) is 24.1 Å². The van der Waals surface area contributed by atoms with Gasteiger partial charge in [-0.1, -0.05) is 19.0 Å². The Kier molecular flexibility index (Phi) is 10.4. The summed E-state index contributed by atoms with van der Waals surface area (Å²) in [6, 6.07) is 4.54. The lowest BCUT2D eigenvalue weighted by molar-refractivity contribution is -0.947. The van der Waals surface area contributed by atoms with Crippen molar-refractivity contribution in [3.8, 4) is 0 Å². The third-order valence-electron chi connectivity index (χ3n) is 8.87. The number of amides is 1. The van der Waals surface area contributed by atoms with E-state index in [9.17, 15) is 14.0 Å². The number of nitrogens with one attached hydrogen (secondary N) is 1. The molecule has 0 aliphatic carbocycles. The van der Waals surface area contributed by atoms with Crippen molar-refractivity contribution in [1.29, 1.82) is 0 Å². The summed E-state index contributed by atoms with van der Waals surface area (Å²) in [4.78, 5) is 30.8. The first kappa shape index (κ1) is 31.7. The van der Waals surface area contributed by atoms with Gasteiger partial charge >= 0.3 is 6.09 Å². The number of rotatable bonds is 10. The number of carbonyl (C=O) groups is 1. The minimum absolute atomic E-state index is 0. The van der Waals surface area contributed by atoms with Gasteiger partial charge in [-0.25, -0.2) is 14.2 Å². The van der Waals surface area contributed by atoms with E-state index in [2.05, 4.69) is 24.3 Å². The molecule has 0 atom stereocenters. The fourth-order valence-corrected chi connectivity index (χ4v) is 6.35. The number of nitrogens with zero attached hydrogens (tertiary/aromatic N) is 4. The molecule has 0 radical (unpaired) electrons. The fourth-order valence-electron chi connectivity index (χ4n) is 6.35. The molecule has 230 valence electrons. The summed E-state index contributed by atoms with van der Waals surface area (Å²) in [7, 11) is 0. The van der Waals surface area contributed by atoms with Crippen molar-refractivity contribution in [1.82, 2.24) is 20.0 Å². The topological polar surface area (TPSA) is 99.2 Å². The molecular formula is C32H46FN5O4. The maximum atomic E-state index is 13.7. The number of fused-ring (bicyclic) bond motifs is 2. The summed E-state index contributed by atoms with van der Waals surface area (Å²) < 4.78 is 27.3. The number of hydrogen-bond donors (Lipinski definition) is 1. The van der Waals surface area contributed by atoms with Gasteiger partial charge in [0, 0.05) is 67.4 Å². The maximum absolute atomic E-state index is 13.7. The molecule has 1 fully saturated rings. The number of aryl methyl sites for hydroxylation is 2. The second-order valence-corrected chi connectivity index (χ2v) is 12.3. The van der Waals surface area contributed by atoms with Gasteiger partial charge in [0.05, 0.1) is 25.3 Å². The molecule has 4 heterocycles. The van der Waals surface area contributed by atoms with E-state index in [1.165, 1.54) is 12.1 Å². The molecule has 1 aromatic carbocycles. The maximum Gasteiger partial charge on any atom is 0.411 e. The molecular weight excluding hydrogens is 537 g/mol. The van der Waals surface area contributed by atoms with Crippen molar-refractivity contribution in [2.45, 2.75) is 84.6 Å². The second kappa shape index (κ2) is 13.8. The van der Waals surface area contributed by atoms with Gasteiger partial charge in [0.1, 0.15) is 11.6 Å². The van der Waals surface area contributed by atoms with Crippen LogP contribution in [0.2, 0.25) is 0 Å². The number of alkyl carbamates (subject to hydrolysis) is 1. The monoisotopic (exact) mass is 583 g/mol. The van der Waals surface area contributed by atoms with E-state index in [0.717, 1.165) is 92.7 Å². The zero-order valence-corrected chi connectivity index (χ0v) is 25.6. The molecule has 1 saturated heterocycles. The lowest BCUT2D eigenvalue weighted by atomic mass is 9.90. The molecule has 0 unspecified atom stereocenters. The second-order valence-electron chi connectivity index (χ2n) is 12.3. The van der Waals surface area contributed by atoms with Crippen molar-refractivity contribution < 1.29 is 22.9 Å². The van der Waals surface area contributed by atoms with E-state index >= 15 is 0 Å². The fraction of sp³-hybridized carbons (Fsp3) is 0.594. The molecule has 9 nitrogen and oxygen atoms in total. The van der Waals surface area contributed by atoms with E-state index in [0.29, 0.717) is 35.5 Å². The van der Waals surface area contributed by atoms with Crippen molar-refractivity contribution >= 4 is 17.1 Å². The van der Waals surface area contributed by atoms with Gasteiger partial charge in [-0.15, -0.1) is 0 Å². The molecule has 2 aliphatic rings. The summed E-state index contributed by atoms with van der Waals surface area (Å²) in [5, 5.41) is 8.03. The molecule has 5 rings (SSSR count). The summed E-state index contributed by atoms with van der Waals surface area (Å²) in [6.45, 7) is 10.0. The van der Waals surface area contributed by atoms with Gasteiger partial charge in [0.25, 0.3) is 5.56 Å². The predicted molar refractivity (Wildman–Crippen MR) is 161 cm³/mol. The molecule has 2 aliphatic heterocycles. The van der Waals surface area contributed by atoms with Gasteiger partial charge in [0.2, 0.25) is 6.73 Å². The van der Waals surface area contributed by atoms with Crippen LogP contribution < -0.4 is 10.9 Å². The zero-order chi connectivity index (χ0) is 29.0. The normalized spacial score (nSPS) is 20.3. The summed E-state index contributed by atoms with van der Waals surface area (Å²) in [5.74, 6) is 1.30. The van der Waals surface area contributed by atoms with Gasteiger partial charge in [-0.2, -0.15) is 0 Å². The lowest BCUT2D eigenvalue weighted by Gasteiger charge is -2.42.